The number of nitrogens with one attached hydrogen (secondary N) is 1. The summed E-state index contributed by atoms with van der Waals surface area (Å²) in [5.41, 5.74) is 1.72. The van der Waals surface area contributed by atoms with E-state index in [4.69, 9.17) is 0 Å². The fraction of sp³-hybridized carbons (Fsp3) is 0.417. The van der Waals surface area contributed by atoms with Crippen molar-refractivity contribution in [1.82, 2.24) is 10.2 Å². The van der Waals surface area contributed by atoms with E-state index in [1.165, 1.54) is 12.1 Å². The summed E-state index contributed by atoms with van der Waals surface area (Å²) in [6.07, 6.45) is 1.21. The highest BCUT2D eigenvalue weighted by Gasteiger charge is 2.40. The SMILES string of the molecule is CC(C)CCNC(=O)[C@H]1CN(C(=O)Cc2ccccc2)C[C@H]1c1cccc(F)c1. The molecule has 0 bridgehead atoms. The summed E-state index contributed by atoms with van der Waals surface area (Å²) in [7, 11) is 0. The molecule has 0 aromatic heterocycles. The summed E-state index contributed by atoms with van der Waals surface area (Å²) >= 11 is 0. The lowest BCUT2D eigenvalue weighted by Crippen LogP contribution is -2.36. The Labute approximate surface area is 172 Å². The summed E-state index contributed by atoms with van der Waals surface area (Å²) < 4.78 is 13.8. The van der Waals surface area contributed by atoms with Crippen LogP contribution in [0.3, 0.4) is 0 Å². The number of amides is 2. The van der Waals surface area contributed by atoms with Crippen LogP contribution < -0.4 is 5.32 Å². The van der Waals surface area contributed by atoms with Gasteiger partial charge in [-0.15, -0.1) is 0 Å². The Hall–Kier alpha value is -2.69. The summed E-state index contributed by atoms with van der Waals surface area (Å²) in [6.45, 7) is 5.63. The minimum Gasteiger partial charge on any atom is -0.356 e. The van der Waals surface area contributed by atoms with E-state index in [0.717, 1.165) is 17.5 Å². The molecular weight excluding hydrogens is 367 g/mol. The third-order valence-corrected chi connectivity index (χ3v) is 5.51. The lowest BCUT2D eigenvalue weighted by Gasteiger charge is -2.18. The molecule has 1 saturated heterocycles. The molecule has 0 radical (unpaired) electrons. The maximum Gasteiger partial charge on any atom is 0.227 e. The minimum atomic E-state index is -0.372. The van der Waals surface area contributed by atoms with E-state index in [-0.39, 0.29) is 29.5 Å². The standard InChI is InChI=1S/C24H29FN2O2/c1-17(2)11-12-26-24(29)22-16-27(23(28)13-18-7-4-3-5-8-18)15-21(22)19-9-6-10-20(25)14-19/h3-10,14,17,21-22H,11-13,15-16H2,1-2H3,(H,26,29)/t21-,22-/m0/s1. The van der Waals surface area contributed by atoms with E-state index in [1.54, 1.807) is 11.0 Å². The number of carbonyl (C=O) groups is 2. The van der Waals surface area contributed by atoms with Gasteiger partial charge in [-0.05, 0) is 35.6 Å². The van der Waals surface area contributed by atoms with Crippen LogP contribution in [0, 0.1) is 17.7 Å². The summed E-state index contributed by atoms with van der Waals surface area (Å²) in [6, 6.07) is 16.0. The first kappa shape index (κ1) is 21.0. The average molecular weight is 397 g/mol. The van der Waals surface area contributed by atoms with Gasteiger partial charge in [0.25, 0.3) is 0 Å². The van der Waals surface area contributed by atoms with Gasteiger partial charge in [0.15, 0.2) is 0 Å². The Balaban J connectivity index is 1.74. The number of benzene rings is 2. The number of halogens is 1. The molecule has 2 amide bonds. The first-order valence-electron chi connectivity index (χ1n) is 10.3. The van der Waals surface area contributed by atoms with Crippen molar-refractivity contribution in [1.29, 1.82) is 0 Å². The zero-order valence-electron chi connectivity index (χ0n) is 17.1. The molecule has 2 aromatic carbocycles. The monoisotopic (exact) mass is 396 g/mol. The second-order valence-electron chi connectivity index (χ2n) is 8.20. The van der Waals surface area contributed by atoms with Crippen LogP contribution in [0.5, 0.6) is 0 Å². The van der Waals surface area contributed by atoms with E-state index >= 15 is 0 Å². The van der Waals surface area contributed by atoms with Crippen molar-refractivity contribution in [3.8, 4) is 0 Å². The zero-order valence-corrected chi connectivity index (χ0v) is 17.1. The smallest absolute Gasteiger partial charge is 0.227 e. The molecule has 0 spiro atoms. The third-order valence-electron chi connectivity index (χ3n) is 5.51. The Morgan fingerprint density at radius 2 is 1.86 bits per heavy atom. The number of hydrogen-bond acceptors (Lipinski definition) is 2. The normalized spacial score (nSPS) is 18.8. The number of nitrogens with zero attached hydrogens (tertiary/aromatic N) is 1. The van der Waals surface area contributed by atoms with Crippen LogP contribution in [0.25, 0.3) is 0 Å². The van der Waals surface area contributed by atoms with Crippen LogP contribution in [-0.2, 0) is 16.0 Å². The van der Waals surface area contributed by atoms with Gasteiger partial charge < -0.3 is 10.2 Å². The van der Waals surface area contributed by atoms with Gasteiger partial charge in [0.1, 0.15) is 5.82 Å². The molecule has 1 aliphatic heterocycles. The molecule has 2 atom stereocenters. The lowest BCUT2D eigenvalue weighted by atomic mass is 9.88. The first-order chi connectivity index (χ1) is 13.9. The van der Waals surface area contributed by atoms with Gasteiger partial charge >= 0.3 is 0 Å². The van der Waals surface area contributed by atoms with E-state index in [0.29, 0.717) is 32.0 Å². The van der Waals surface area contributed by atoms with Crippen molar-refractivity contribution in [3.63, 3.8) is 0 Å². The maximum absolute atomic E-state index is 13.8. The number of carbonyl (C=O) groups excluding carboxylic acids is 2. The Kier molecular flexibility index (Phi) is 7.02. The largest absolute Gasteiger partial charge is 0.356 e. The molecule has 0 unspecified atom stereocenters. The highest BCUT2D eigenvalue weighted by molar-refractivity contribution is 5.84. The molecule has 3 rings (SSSR count). The maximum atomic E-state index is 13.8. The van der Waals surface area contributed by atoms with Crippen molar-refractivity contribution >= 4 is 11.8 Å². The van der Waals surface area contributed by atoms with Crippen molar-refractivity contribution in [2.24, 2.45) is 11.8 Å². The Morgan fingerprint density at radius 1 is 1.10 bits per heavy atom. The van der Waals surface area contributed by atoms with Gasteiger partial charge in [-0.2, -0.15) is 0 Å². The van der Waals surface area contributed by atoms with Gasteiger partial charge in [0.2, 0.25) is 11.8 Å². The second kappa shape index (κ2) is 9.68. The van der Waals surface area contributed by atoms with E-state index < -0.39 is 0 Å². The Bertz CT molecular complexity index is 838. The van der Waals surface area contributed by atoms with Gasteiger partial charge in [-0.1, -0.05) is 56.3 Å². The molecule has 1 N–H and O–H groups in total. The van der Waals surface area contributed by atoms with Crippen LogP contribution in [0.2, 0.25) is 0 Å². The second-order valence-corrected chi connectivity index (χ2v) is 8.20. The molecular formula is C24H29FN2O2. The van der Waals surface area contributed by atoms with Gasteiger partial charge in [0.05, 0.1) is 12.3 Å². The molecule has 1 aliphatic rings. The van der Waals surface area contributed by atoms with E-state index in [9.17, 15) is 14.0 Å². The van der Waals surface area contributed by atoms with E-state index in [1.807, 2.05) is 36.4 Å². The van der Waals surface area contributed by atoms with Crippen LogP contribution >= 0.6 is 0 Å². The highest BCUT2D eigenvalue weighted by Crippen LogP contribution is 2.33. The van der Waals surface area contributed by atoms with Gasteiger partial charge in [-0.25, -0.2) is 4.39 Å². The fourth-order valence-electron chi connectivity index (χ4n) is 3.85. The number of hydrogen-bond donors (Lipinski definition) is 1. The summed E-state index contributed by atoms with van der Waals surface area (Å²) in [4.78, 5) is 27.5. The van der Waals surface area contributed by atoms with Crippen molar-refractivity contribution in [2.75, 3.05) is 19.6 Å². The van der Waals surface area contributed by atoms with E-state index in [2.05, 4.69) is 19.2 Å². The molecule has 2 aromatic rings. The number of rotatable bonds is 7. The molecule has 154 valence electrons. The molecule has 1 heterocycles. The summed E-state index contributed by atoms with van der Waals surface area (Å²) in [5, 5.41) is 3.01. The first-order valence-corrected chi connectivity index (χ1v) is 10.3. The molecule has 5 heteroatoms. The molecule has 0 saturated carbocycles. The van der Waals surface area contributed by atoms with Crippen LogP contribution in [0.4, 0.5) is 4.39 Å². The zero-order chi connectivity index (χ0) is 20.8. The Morgan fingerprint density at radius 3 is 2.55 bits per heavy atom. The van der Waals surface area contributed by atoms with Gasteiger partial charge in [-0.3, -0.25) is 9.59 Å². The molecule has 0 aliphatic carbocycles. The average Bonchev–Trinajstić information content (AvgIpc) is 3.14. The minimum absolute atomic E-state index is 0.00455. The van der Waals surface area contributed by atoms with Crippen LogP contribution in [-0.4, -0.2) is 36.3 Å². The number of likely N-dealkylation sites (tertiary alicyclic amines) is 1. The highest BCUT2D eigenvalue weighted by atomic mass is 19.1. The quantitative estimate of drug-likeness (QED) is 0.774. The van der Waals surface area contributed by atoms with Gasteiger partial charge in [0, 0.05) is 25.6 Å². The van der Waals surface area contributed by atoms with Crippen molar-refractivity contribution in [2.45, 2.75) is 32.6 Å². The molecule has 29 heavy (non-hydrogen) atoms. The molecule has 1 fully saturated rings. The predicted molar refractivity (Wildman–Crippen MR) is 112 cm³/mol. The fourth-order valence-corrected chi connectivity index (χ4v) is 3.85. The third kappa shape index (κ3) is 5.66. The van der Waals surface area contributed by atoms with Crippen LogP contribution in [0.1, 0.15) is 37.3 Å². The van der Waals surface area contributed by atoms with Crippen molar-refractivity contribution < 1.29 is 14.0 Å². The van der Waals surface area contributed by atoms with Crippen molar-refractivity contribution in [3.05, 3.63) is 71.5 Å². The predicted octanol–water partition coefficient (Wildman–Crippen LogP) is 3.77. The summed E-state index contributed by atoms with van der Waals surface area (Å²) in [5.74, 6) is -0.462. The van der Waals surface area contributed by atoms with Crippen LogP contribution in [0.15, 0.2) is 54.6 Å². The topological polar surface area (TPSA) is 49.4 Å². The molecule has 4 nitrogen and oxygen atoms in total. The lowest BCUT2D eigenvalue weighted by molar-refractivity contribution is -0.130.